The molecule has 0 aliphatic carbocycles. The minimum absolute atomic E-state index is 0.0889. The lowest BCUT2D eigenvalue weighted by atomic mass is 9.92. The van der Waals surface area contributed by atoms with Crippen LogP contribution in [0.1, 0.15) is 18.1 Å². The standard InChI is InChI=1S/C14H22ClNO3/c1-10-4-12(15)5-11(13(10)19)6-16(3)7-14(2,8-17)9-18/h4-5,17-19H,6-9H2,1-3H3. The van der Waals surface area contributed by atoms with Crippen molar-refractivity contribution < 1.29 is 15.3 Å². The van der Waals surface area contributed by atoms with Gasteiger partial charge in [0.1, 0.15) is 5.75 Å². The molecule has 0 radical (unpaired) electrons. The van der Waals surface area contributed by atoms with Crippen LogP contribution in [0.4, 0.5) is 0 Å². The number of aliphatic hydroxyl groups excluding tert-OH is 2. The van der Waals surface area contributed by atoms with Gasteiger partial charge >= 0.3 is 0 Å². The number of aliphatic hydroxyl groups is 2. The van der Waals surface area contributed by atoms with Crippen LogP contribution >= 0.6 is 11.6 Å². The van der Waals surface area contributed by atoms with E-state index in [1.165, 1.54) is 0 Å². The van der Waals surface area contributed by atoms with Crippen molar-refractivity contribution in [2.24, 2.45) is 5.41 Å². The van der Waals surface area contributed by atoms with Gasteiger partial charge in [0.15, 0.2) is 0 Å². The van der Waals surface area contributed by atoms with Crippen LogP contribution in [-0.2, 0) is 6.54 Å². The van der Waals surface area contributed by atoms with E-state index >= 15 is 0 Å². The number of benzene rings is 1. The molecule has 108 valence electrons. The van der Waals surface area contributed by atoms with E-state index in [1.54, 1.807) is 19.1 Å². The highest BCUT2D eigenvalue weighted by Crippen LogP contribution is 2.28. The van der Waals surface area contributed by atoms with Crippen LogP contribution in [0.15, 0.2) is 12.1 Å². The largest absolute Gasteiger partial charge is 0.507 e. The Kier molecular flexibility index (Phi) is 5.62. The van der Waals surface area contributed by atoms with Gasteiger partial charge in [0.2, 0.25) is 0 Å². The van der Waals surface area contributed by atoms with Crippen molar-refractivity contribution in [2.45, 2.75) is 20.4 Å². The minimum Gasteiger partial charge on any atom is -0.507 e. The maximum Gasteiger partial charge on any atom is 0.123 e. The van der Waals surface area contributed by atoms with E-state index in [-0.39, 0.29) is 19.0 Å². The molecule has 0 bridgehead atoms. The monoisotopic (exact) mass is 287 g/mol. The third kappa shape index (κ3) is 4.35. The lowest BCUT2D eigenvalue weighted by Gasteiger charge is -2.30. The summed E-state index contributed by atoms with van der Waals surface area (Å²) < 4.78 is 0. The molecular formula is C14H22ClNO3. The maximum atomic E-state index is 10.00. The molecule has 0 amide bonds. The fourth-order valence-electron chi connectivity index (χ4n) is 2.07. The number of nitrogens with zero attached hydrogens (tertiary/aromatic N) is 1. The molecule has 0 heterocycles. The Balaban J connectivity index is 2.80. The normalized spacial score (nSPS) is 12.2. The van der Waals surface area contributed by atoms with E-state index in [2.05, 4.69) is 0 Å². The molecule has 0 aromatic heterocycles. The van der Waals surface area contributed by atoms with Crippen LogP contribution in [0, 0.1) is 12.3 Å². The first-order valence-electron chi connectivity index (χ1n) is 6.19. The Morgan fingerprint density at radius 1 is 1.26 bits per heavy atom. The number of hydrogen-bond acceptors (Lipinski definition) is 4. The second-order valence-electron chi connectivity index (χ2n) is 5.53. The van der Waals surface area contributed by atoms with Gasteiger partial charge in [-0.15, -0.1) is 0 Å². The van der Waals surface area contributed by atoms with Crippen LogP contribution < -0.4 is 0 Å². The molecule has 0 aliphatic rings. The second-order valence-corrected chi connectivity index (χ2v) is 5.97. The molecule has 0 aliphatic heterocycles. The first-order chi connectivity index (χ1) is 8.81. The van der Waals surface area contributed by atoms with Crippen molar-refractivity contribution in [1.29, 1.82) is 0 Å². The number of phenolic OH excluding ortho intramolecular Hbond substituents is 1. The lowest BCUT2D eigenvalue weighted by Crippen LogP contribution is -2.38. The molecule has 0 fully saturated rings. The summed E-state index contributed by atoms with van der Waals surface area (Å²) in [4.78, 5) is 1.94. The molecular weight excluding hydrogens is 266 g/mol. The van der Waals surface area contributed by atoms with Gasteiger partial charge in [-0.3, -0.25) is 0 Å². The molecule has 0 spiro atoms. The van der Waals surface area contributed by atoms with Crippen molar-refractivity contribution in [3.05, 3.63) is 28.3 Å². The van der Waals surface area contributed by atoms with Crippen molar-refractivity contribution >= 4 is 11.6 Å². The highest BCUT2D eigenvalue weighted by Gasteiger charge is 2.24. The summed E-state index contributed by atoms with van der Waals surface area (Å²) in [6.45, 7) is 4.46. The summed E-state index contributed by atoms with van der Waals surface area (Å²) in [5.41, 5.74) is 0.923. The molecule has 1 aromatic rings. The molecule has 0 unspecified atom stereocenters. The van der Waals surface area contributed by atoms with Crippen LogP contribution in [0.25, 0.3) is 0 Å². The van der Waals surface area contributed by atoms with Gasteiger partial charge in [-0.25, -0.2) is 0 Å². The van der Waals surface area contributed by atoms with E-state index in [4.69, 9.17) is 11.6 Å². The summed E-state index contributed by atoms with van der Waals surface area (Å²) in [5.74, 6) is 0.242. The molecule has 0 saturated carbocycles. The molecule has 5 heteroatoms. The number of aryl methyl sites for hydroxylation is 1. The number of phenols is 1. The first-order valence-corrected chi connectivity index (χ1v) is 6.57. The third-order valence-electron chi connectivity index (χ3n) is 3.20. The van der Waals surface area contributed by atoms with E-state index in [0.29, 0.717) is 18.1 Å². The summed E-state index contributed by atoms with van der Waals surface area (Å²) in [5, 5.41) is 29.2. The van der Waals surface area contributed by atoms with Gasteiger partial charge in [-0.2, -0.15) is 0 Å². The predicted octanol–water partition coefficient (Wildman–Crippen LogP) is 1.78. The minimum atomic E-state index is -0.558. The summed E-state index contributed by atoms with van der Waals surface area (Å²) in [7, 11) is 1.87. The Hall–Kier alpha value is -0.810. The Bertz CT molecular complexity index is 433. The molecule has 0 atom stereocenters. The SMILES string of the molecule is Cc1cc(Cl)cc(CN(C)CC(C)(CO)CO)c1O. The zero-order valence-corrected chi connectivity index (χ0v) is 12.4. The highest BCUT2D eigenvalue weighted by atomic mass is 35.5. The third-order valence-corrected chi connectivity index (χ3v) is 3.42. The smallest absolute Gasteiger partial charge is 0.123 e. The van der Waals surface area contributed by atoms with E-state index in [1.807, 2.05) is 18.9 Å². The fourth-order valence-corrected chi connectivity index (χ4v) is 2.37. The topological polar surface area (TPSA) is 63.9 Å². The summed E-state index contributed by atoms with van der Waals surface area (Å²) in [6, 6.07) is 3.45. The number of halogens is 1. The van der Waals surface area contributed by atoms with Gasteiger partial charge in [0.05, 0.1) is 13.2 Å². The Morgan fingerprint density at radius 2 is 1.84 bits per heavy atom. The van der Waals surface area contributed by atoms with Gasteiger partial charge in [-0.1, -0.05) is 18.5 Å². The Labute approximate surface area is 119 Å². The molecule has 4 nitrogen and oxygen atoms in total. The molecule has 1 rings (SSSR count). The molecule has 0 saturated heterocycles. The van der Waals surface area contributed by atoms with Crippen molar-refractivity contribution in [3.63, 3.8) is 0 Å². The zero-order chi connectivity index (χ0) is 14.6. The molecule has 1 aromatic carbocycles. The van der Waals surface area contributed by atoms with Gasteiger partial charge < -0.3 is 20.2 Å². The number of aromatic hydroxyl groups is 1. The first kappa shape index (κ1) is 16.2. The summed E-state index contributed by atoms with van der Waals surface area (Å²) >= 11 is 5.98. The molecule has 19 heavy (non-hydrogen) atoms. The second kappa shape index (κ2) is 6.57. The lowest BCUT2D eigenvalue weighted by molar-refractivity contribution is 0.0400. The van der Waals surface area contributed by atoms with E-state index < -0.39 is 5.41 Å². The highest BCUT2D eigenvalue weighted by molar-refractivity contribution is 6.30. The number of rotatable bonds is 6. The quantitative estimate of drug-likeness (QED) is 0.746. The van der Waals surface area contributed by atoms with E-state index in [0.717, 1.165) is 11.1 Å². The van der Waals surface area contributed by atoms with Crippen molar-refractivity contribution in [2.75, 3.05) is 26.8 Å². The average Bonchev–Trinajstić information content (AvgIpc) is 2.35. The van der Waals surface area contributed by atoms with Crippen LogP contribution in [-0.4, -0.2) is 47.0 Å². The predicted molar refractivity (Wildman–Crippen MR) is 76.5 cm³/mol. The molecule has 3 N–H and O–H groups in total. The Morgan fingerprint density at radius 3 is 2.37 bits per heavy atom. The van der Waals surface area contributed by atoms with E-state index in [9.17, 15) is 15.3 Å². The van der Waals surface area contributed by atoms with Gasteiger partial charge in [0.25, 0.3) is 0 Å². The van der Waals surface area contributed by atoms with Crippen molar-refractivity contribution in [3.8, 4) is 5.75 Å². The van der Waals surface area contributed by atoms with Crippen LogP contribution in [0.3, 0.4) is 0 Å². The van der Waals surface area contributed by atoms with Crippen LogP contribution in [0.5, 0.6) is 5.75 Å². The van der Waals surface area contributed by atoms with Crippen molar-refractivity contribution in [1.82, 2.24) is 4.90 Å². The van der Waals surface area contributed by atoms with Crippen LogP contribution in [0.2, 0.25) is 5.02 Å². The fraction of sp³-hybridized carbons (Fsp3) is 0.571. The van der Waals surface area contributed by atoms with Gasteiger partial charge in [0, 0.05) is 29.1 Å². The zero-order valence-electron chi connectivity index (χ0n) is 11.6. The van der Waals surface area contributed by atoms with Gasteiger partial charge in [-0.05, 0) is 31.7 Å². The maximum absolute atomic E-state index is 10.00. The summed E-state index contributed by atoms with van der Waals surface area (Å²) in [6.07, 6.45) is 0. The number of hydrogen-bond donors (Lipinski definition) is 3. The average molecular weight is 288 g/mol.